The van der Waals surface area contributed by atoms with Gasteiger partial charge in [0.15, 0.2) is 0 Å². The van der Waals surface area contributed by atoms with Crippen LogP contribution in [0.5, 0.6) is 0 Å². The lowest BCUT2D eigenvalue weighted by Gasteiger charge is -2.24. The molecule has 0 saturated carbocycles. The van der Waals surface area contributed by atoms with Gasteiger partial charge in [-0.2, -0.15) is 0 Å². The number of anilines is 2. The van der Waals surface area contributed by atoms with E-state index in [1.807, 2.05) is 18.2 Å². The van der Waals surface area contributed by atoms with E-state index >= 15 is 0 Å². The van der Waals surface area contributed by atoms with E-state index in [2.05, 4.69) is 10.2 Å². The third-order valence-electron chi connectivity index (χ3n) is 3.71. The Kier molecular flexibility index (Phi) is 3.32. The fourth-order valence-electron chi connectivity index (χ4n) is 2.71. The van der Waals surface area contributed by atoms with Gasteiger partial charge in [-0.15, -0.1) is 10.2 Å². The molecule has 5 nitrogen and oxygen atoms in total. The van der Waals surface area contributed by atoms with E-state index in [0.717, 1.165) is 5.69 Å². The average molecular weight is 345 g/mol. The number of nitrogens with zero attached hydrogens (tertiary/aromatic N) is 4. The van der Waals surface area contributed by atoms with Gasteiger partial charge in [0, 0.05) is 5.02 Å². The number of carbonyl (C=O) groups excluding carboxylic acids is 1. The predicted molar refractivity (Wildman–Crippen MR) is 88.7 cm³/mol. The van der Waals surface area contributed by atoms with Crippen LogP contribution in [0, 0.1) is 0 Å². The topological polar surface area (TPSA) is 51.0 Å². The molecule has 0 spiro atoms. The first-order valence-corrected chi connectivity index (χ1v) is 7.67. The van der Waals surface area contributed by atoms with Crippen LogP contribution < -0.4 is 4.90 Å². The van der Waals surface area contributed by atoms with Crippen LogP contribution >= 0.6 is 23.2 Å². The molecule has 0 N–H and O–H groups in total. The minimum absolute atomic E-state index is 0.123. The Hall–Kier alpha value is -2.37. The summed E-state index contributed by atoms with van der Waals surface area (Å²) >= 11 is 12.5. The molecule has 4 rings (SSSR count). The van der Waals surface area contributed by atoms with Crippen molar-refractivity contribution in [1.82, 2.24) is 14.8 Å². The molecule has 1 amide bonds. The first-order valence-electron chi connectivity index (χ1n) is 6.91. The number of rotatable bonds is 1. The highest BCUT2D eigenvalue weighted by Crippen LogP contribution is 2.39. The van der Waals surface area contributed by atoms with Crippen molar-refractivity contribution in [1.29, 1.82) is 0 Å². The van der Waals surface area contributed by atoms with Gasteiger partial charge in [0.05, 0.1) is 28.5 Å². The van der Waals surface area contributed by atoms with Crippen molar-refractivity contribution in [3.8, 4) is 5.69 Å². The van der Waals surface area contributed by atoms with Crippen LogP contribution in [0.1, 0.15) is 5.82 Å². The van der Waals surface area contributed by atoms with Gasteiger partial charge in [-0.25, -0.2) is 0 Å². The van der Waals surface area contributed by atoms with Crippen molar-refractivity contribution in [2.24, 2.45) is 0 Å². The monoisotopic (exact) mass is 344 g/mol. The largest absolute Gasteiger partial charge is 0.283 e. The maximum Gasteiger partial charge on any atom is 0.239 e. The molecule has 2 aromatic carbocycles. The van der Waals surface area contributed by atoms with Gasteiger partial charge in [0.1, 0.15) is 12.2 Å². The number of aromatic nitrogens is 3. The van der Waals surface area contributed by atoms with Gasteiger partial charge >= 0.3 is 0 Å². The number of carbonyl (C=O) groups is 1. The molecule has 3 aromatic rings. The summed E-state index contributed by atoms with van der Waals surface area (Å²) in [5.41, 5.74) is 2.04. The third kappa shape index (κ3) is 2.29. The van der Waals surface area contributed by atoms with Crippen molar-refractivity contribution < 1.29 is 4.79 Å². The lowest BCUT2D eigenvalue weighted by Crippen LogP contribution is -2.27. The Balaban J connectivity index is 2.01. The highest BCUT2D eigenvalue weighted by atomic mass is 35.5. The highest BCUT2D eigenvalue weighted by Gasteiger charge is 2.29. The molecule has 0 bridgehead atoms. The van der Waals surface area contributed by atoms with Crippen LogP contribution in [0.15, 0.2) is 48.8 Å². The minimum Gasteiger partial charge on any atom is -0.283 e. The van der Waals surface area contributed by atoms with Crippen LogP contribution in [0.25, 0.3) is 5.69 Å². The van der Waals surface area contributed by atoms with E-state index < -0.39 is 0 Å². The summed E-state index contributed by atoms with van der Waals surface area (Å²) in [6.45, 7) is 0. The zero-order valence-electron chi connectivity index (χ0n) is 11.8. The molecule has 23 heavy (non-hydrogen) atoms. The summed E-state index contributed by atoms with van der Waals surface area (Å²) in [5, 5.41) is 8.96. The molecule has 0 atom stereocenters. The maximum absolute atomic E-state index is 12.8. The van der Waals surface area contributed by atoms with Gasteiger partial charge in [-0.1, -0.05) is 35.3 Å². The zero-order chi connectivity index (χ0) is 16.0. The normalized spacial score (nSPS) is 13.5. The number of para-hydroxylation sites is 1. The van der Waals surface area contributed by atoms with Crippen LogP contribution in [-0.2, 0) is 11.2 Å². The predicted octanol–water partition coefficient (Wildman–Crippen LogP) is 3.79. The standard InChI is InChI=1S/C16H10Cl2N4O/c17-10-5-6-13-14(7-10)22(12-4-2-1-3-11(12)18)16(23)8-15-20-19-9-21(13)15/h1-7,9H,8H2. The Morgan fingerprint density at radius 1 is 1.00 bits per heavy atom. The molecule has 1 aliphatic heterocycles. The van der Waals surface area contributed by atoms with Gasteiger partial charge < -0.3 is 0 Å². The fourth-order valence-corrected chi connectivity index (χ4v) is 3.09. The highest BCUT2D eigenvalue weighted by molar-refractivity contribution is 6.34. The number of fused-ring (bicyclic) bond motifs is 3. The number of amides is 1. The SMILES string of the molecule is O=C1Cc2nncn2-c2ccc(Cl)cc2N1c1ccccc1Cl. The maximum atomic E-state index is 12.8. The summed E-state index contributed by atoms with van der Waals surface area (Å²) in [6, 6.07) is 12.6. The molecular weight excluding hydrogens is 335 g/mol. The van der Waals surface area contributed by atoms with Gasteiger partial charge in [-0.3, -0.25) is 14.3 Å². The van der Waals surface area contributed by atoms with Gasteiger partial charge in [-0.05, 0) is 30.3 Å². The summed E-state index contributed by atoms with van der Waals surface area (Å²) in [7, 11) is 0. The smallest absolute Gasteiger partial charge is 0.239 e. The summed E-state index contributed by atoms with van der Waals surface area (Å²) in [6.07, 6.45) is 1.71. The van der Waals surface area contributed by atoms with Crippen molar-refractivity contribution in [3.63, 3.8) is 0 Å². The molecule has 0 radical (unpaired) electrons. The van der Waals surface area contributed by atoms with E-state index in [1.165, 1.54) is 0 Å². The van der Waals surface area contributed by atoms with Crippen LogP contribution in [-0.4, -0.2) is 20.7 Å². The molecule has 0 unspecified atom stereocenters. The molecule has 114 valence electrons. The van der Waals surface area contributed by atoms with Crippen molar-refractivity contribution in [2.75, 3.05) is 4.90 Å². The van der Waals surface area contributed by atoms with Crippen LogP contribution in [0.2, 0.25) is 10.0 Å². The molecule has 0 fully saturated rings. The van der Waals surface area contributed by atoms with Crippen molar-refractivity contribution >= 4 is 40.5 Å². The van der Waals surface area contributed by atoms with E-state index in [0.29, 0.717) is 27.2 Å². The molecular formula is C16H10Cl2N4O. The van der Waals surface area contributed by atoms with E-state index in [9.17, 15) is 4.79 Å². The Morgan fingerprint density at radius 2 is 1.83 bits per heavy atom. The Labute approximate surface area is 142 Å². The van der Waals surface area contributed by atoms with E-state index in [4.69, 9.17) is 23.2 Å². The van der Waals surface area contributed by atoms with Crippen molar-refractivity contribution in [2.45, 2.75) is 6.42 Å². The van der Waals surface area contributed by atoms with Crippen LogP contribution in [0.3, 0.4) is 0 Å². The number of benzene rings is 2. The number of hydrogen-bond donors (Lipinski definition) is 0. The van der Waals surface area contributed by atoms with Gasteiger partial charge in [0.25, 0.3) is 0 Å². The van der Waals surface area contributed by atoms with E-state index in [-0.39, 0.29) is 12.3 Å². The van der Waals surface area contributed by atoms with E-state index in [1.54, 1.807) is 40.1 Å². The molecule has 0 aliphatic carbocycles. The second kappa shape index (κ2) is 5.37. The van der Waals surface area contributed by atoms with Crippen molar-refractivity contribution in [3.05, 3.63) is 64.7 Å². The quantitative estimate of drug-likeness (QED) is 0.674. The molecule has 1 aromatic heterocycles. The second-order valence-electron chi connectivity index (χ2n) is 5.11. The molecule has 0 saturated heterocycles. The number of hydrogen-bond acceptors (Lipinski definition) is 3. The molecule has 2 heterocycles. The minimum atomic E-state index is -0.145. The lowest BCUT2D eigenvalue weighted by atomic mass is 10.2. The van der Waals surface area contributed by atoms with Crippen LogP contribution in [0.4, 0.5) is 11.4 Å². The lowest BCUT2D eigenvalue weighted by molar-refractivity contribution is -0.117. The average Bonchev–Trinajstić information content (AvgIpc) is 2.94. The summed E-state index contributed by atoms with van der Waals surface area (Å²) < 4.78 is 1.79. The number of halogens is 2. The zero-order valence-corrected chi connectivity index (χ0v) is 13.3. The first kappa shape index (κ1) is 14.2. The fraction of sp³-hybridized carbons (Fsp3) is 0.0625. The summed E-state index contributed by atoms with van der Waals surface area (Å²) in [4.78, 5) is 14.4. The molecule has 1 aliphatic rings. The molecule has 7 heteroatoms. The Morgan fingerprint density at radius 3 is 2.65 bits per heavy atom. The third-order valence-corrected chi connectivity index (χ3v) is 4.26. The summed E-state index contributed by atoms with van der Waals surface area (Å²) in [5.74, 6) is 0.432. The second-order valence-corrected chi connectivity index (χ2v) is 5.95. The van der Waals surface area contributed by atoms with Gasteiger partial charge in [0.2, 0.25) is 5.91 Å². The first-order chi connectivity index (χ1) is 11.1. The Bertz CT molecular complexity index is 922.